The fourth-order valence-electron chi connectivity index (χ4n) is 13.0. The van der Waals surface area contributed by atoms with E-state index in [1.807, 2.05) is 0 Å². The molecule has 0 unspecified atom stereocenters. The van der Waals surface area contributed by atoms with Gasteiger partial charge in [-0.05, 0) is 108 Å². The first-order chi connectivity index (χ1) is 40.7. The highest BCUT2D eigenvalue weighted by Crippen LogP contribution is 2.44. The van der Waals surface area contributed by atoms with Crippen LogP contribution in [0.1, 0.15) is 0 Å². The Morgan fingerprint density at radius 2 is 0.463 bits per heavy atom. The van der Waals surface area contributed by atoms with Crippen LogP contribution < -0.4 is 0 Å². The van der Waals surface area contributed by atoms with E-state index in [4.69, 9.17) is 15.0 Å². The van der Waals surface area contributed by atoms with E-state index in [0.29, 0.717) is 17.5 Å². The summed E-state index contributed by atoms with van der Waals surface area (Å²) in [7, 11) is 0. The second-order valence-electron chi connectivity index (χ2n) is 21.1. The molecule has 5 aromatic heterocycles. The molecule has 382 valence electrons. The average molecular weight is 1050 g/mol. The first-order valence-corrected chi connectivity index (χ1v) is 27.9. The van der Waals surface area contributed by atoms with Gasteiger partial charge >= 0.3 is 0 Å². The number of aromatic nitrogens is 7. The molecule has 0 aliphatic heterocycles. The average Bonchev–Trinajstić information content (AvgIpc) is 2.66. The molecule has 5 heterocycles. The maximum Gasteiger partial charge on any atom is 0.164 e. The minimum atomic E-state index is 0.589. The Kier molecular flexibility index (Phi) is 10.2. The van der Waals surface area contributed by atoms with E-state index in [0.717, 1.165) is 72.6 Å². The van der Waals surface area contributed by atoms with Gasteiger partial charge in [0.05, 0.1) is 44.1 Å². The van der Waals surface area contributed by atoms with Crippen LogP contribution >= 0.6 is 0 Å². The molecule has 0 aliphatic rings. The third-order valence-corrected chi connectivity index (χ3v) is 16.6. The fourth-order valence-corrected chi connectivity index (χ4v) is 13.0. The molecule has 0 N–H and O–H groups in total. The number of fused-ring (bicyclic) bond motifs is 14. The van der Waals surface area contributed by atoms with Crippen LogP contribution in [0.4, 0.5) is 0 Å². The molecular weight excluding hydrogens is 999 g/mol. The minimum Gasteiger partial charge on any atom is -0.307 e. The van der Waals surface area contributed by atoms with E-state index in [-0.39, 0.29) is 0 Å². The van der Waals surface area contributed by atoms with Crippen LogP contribution in [0.15, 0.2) is 285 Å². The molecule has 12 aromatic carbocycles. The second kappa shape index (κ2) is 18.2. The molecule has 0 fully saturated rings. The molecule has 0 radical (unpaired) electrons. The third kappa shape index (κ3) is 6.93. The predicted molar refractivity (Wildman–Crippen MR) is 339 cm³/mol. The number of benzene rings is 12. The van der Waals surface area contributed by atoms with Crippen LogP contribution in [0.3, 0.4) is 0 Å². The molecule has 0 spiro atoms. The van der Waals surface area contributed by atoms with Crippen LogP contribution in [0.25, 0.3) is 155 Å². The second-order valence-corrected chi connectivity index (χ2v) is 21.1. The normalized spacial score (nSPS) is 11.9. The number of rotatable bonds is 8. The molecule has 0 saturated carbocycles. The lowest BCUT2D eigenvalue weighted by atomic mass is 9.99. The highest BCUT2D eigenvalue weighted by atomic mass is 15.1. The summed E-state index contributed by atoms with van der Waals surface area (Å²) in [6, 6.07) is 102. The summed E-state index contributed by atoms with van der Waals surface area (Å²) in [6.45, 7) is 0. The van der Waals surface area contributed by atoms with Gasteiger partial charge in [-0.3, -0.25) is 0 Å². The van der Waals surface area contributed by atoms with E-state index in [9.17, 15) is 0 Å². The molecule has 82 heavy (non-hydrogen) atoms. The summed E-state index contributed by atoms with van der Waals surface area (Å²) in [5.41, 5.74) is 18.4. The topological polar surface area (TPSA) is 58.4 Å². The Bertz CT molecular complexity index is 5070. The number of hydrogen-bond acceptors (Lipinski definition) is 3. The van der Waals surface area contributed by atoms with Crippen LogP contribution in [0.2, 0.25) is 0 Å². The van der Waals surface area contributed by atoms with Gasteiger partial charge in [-0.25, -0.2) is 15.0 Å². The van der Waals surface area contributed by atoms with Crippen LogP contribution in [0.5, 0.6) is 0 Å². The van der Waals surface area contributed by atoms with Gasteiger partial charge in [-0.15, -0.1) is 0 Å². The first kappa shape index (κ1) is 45.8. The Labute approximate surface area is 471 Å². The van der Waals surface area contributed by atoms with Gasteiger partial charge in [-0.2, -0.15) is 0 Å². The summed E-state index contributed by atoms with van der Waals surface area (Å²) in [5.74, 6) is 1.78. The van der Waals surface area contributed by atoms with Gasteiger partial charge in [0, 0.05) is 82.5 Å². The minimum absolute atomic E-state index is 0.589. The number of para-hydroxylation sites is 6. The molecular formula is C75H47N7. The van der Waals surface area contributed by atoms with Crippen molar-refractivity contribution in [3.63, 3.8) is 0 Å². The zero-order chi connectivity index (χ0) is 53.8. The van der Waals surface area contributed by atoms with Crippen molar-refractivity contribution < 1.29 is 0 Å². The van der Waals surface area contributed by atoms with Crippen molar-refractivity contribution in [2.24, 2.45) is 0 Å². The Balaban J connectivity index is 0.844. The zero-order valence-electron chi connectivity index (χ0n) is 44.3. The van der Waals surface area contributed by atoms with E-state index in [1.165, 1.54) is 65.2 Å². The molecule has 0 saturated heterocycles. The molecule has 0 atom stereocenters. The van der Waals surface area contributed by atoms with Gasteiger partial charge in [0.15, 0.2) is 17.5 Å². The van der Waals surface area contributed by atoms with Crippen molar-refractivity contribution in [3.8, 4) is 68.0 Å². The zero-order valence-corrected chi connectivity index (χ0v) is 44.3. The van der Waals surface area contributed by atoms with Gasteiger partial charge < -0.3 is 18.3 Å². The maximum atomic E-state index is 5.36. The lowest BCUT2D eigenvalue weighted by molar-refractivity contribution is 1.07. The van der Waals surface area contributed by atoms with E-state index in [1.54, 1.807) is 0 Å². The molecule has 0 bridgehead atoms. The Morgan fingerprint density at radius 3 is 0.829 bits per heavy atom. The Morgan fingerprint density at radius 1 is 0.183 bits per heavy atom. The quantitative estimate of drug-likeness (QED) is 0.152. The van der Waals surface area contributed by atoms with Crippen LogP contribution in [0, 0.1) is 0 Å². The monoisotopic (exact) mass is 1050 g/mol. The summed E-state index contributed by atoms with van der Waals surface area (Å²) < 4.78 is 9.72. The SMILES string of the molecule is c1ccc(-c2ccccc2-c2nc(-c3ccc(-n4c5ccccc5c5ccc6c7ccccc7n(-c7ccccc7)c6c54)cc3)nc(-c3ccc(-n4c5ccccc5c5ccc6c7ccccc7n(-c7ccccc7)c6c54)cc3)n2)cc1. The number of nitrogens with zero attached hydrogens (tertiary/aromatic N) is 7. The van der Waals surface area contributed by atoms with Crippen LogP contribution in [-0.4, -0.2) is 33.2 Å². The van der Waals surface area contributed by atoms with E-state index in [2.05, 4.69) is 303 Å². The summed E-state index contributed by atoms with van der Waals surface area (Å²) in [6.07, 6.45) is 0. The van der Waals surface area contributed by atoms with Crippen LogP contribution in [-0.2, 0) is 0 Å². The van der Waals surface area contributed by atoms with Crippen molar-refractivity contribution in [1.82, 2.24) is 33.2 Å². The van der Waals surface area contributed by atoms with Gasteiger partial charge in [0.1, 0.15) is 0 Å². The molecule has 17 rings (SSSR count). The third-order valence-electron chi connectivity index (χ3n) is 16.6. The molecule has 17 aromatic rings. The Hall–Kier alpha value is -11.2. The highest BCUT2D eigenvalue weighted by molar-refractivity contribution is 6.25. The molecule has 0 amide bonds. The lowest BCUT2D eigenvalue weighted by Crippen LogP contribution is -2.02. The van der Waals surface area contributed by atoms with Gasteiger partial charge in [-0.1, -0.05) is 188 Å². The number of hydrogen-bond donors (Lipinski definition) is 0. The summed E-state index contributed by atoms with van der Waals surface area (Å²) >= 11 is 0. The standard InChI is InChI=1S/C75H47N7/c1-4-20-48(21-5-1)55-26-10-11-31-64(55)75-77-73(49-36-40-53(41-37-49)81-67-34-18-14-29-58(67)62-46-44-60-56-27-12-16-32-65(56)79(69(60)71(62)81)51-22-6-2-7-23-51)76-74(78-75)50-38-42-54(43-39-50)82-68-35-19-15-30-59(68)63-47-45-61-57-28-13-17-33-66(57)80(70(61)72(63)82)52-24-8-3-9-25-52/h1-47H. The highest BCUT2D eigenvalue weighted by Gasteiger charge is 2.24. The first-order valence-electron chi connectivity index (χ1n) is 27.9. The molecule has 7 heteroatoms. The maximum absolute atomic E-state index is 5.36. The summed E-state index contributed by atoms with van der Waals surface area (Å²) in [4.78, 5) is 16.1. The van der Waals surface area contributed by atoms with Crippen molar-refractivity contribution in [3.05, 3.63) is 285 Å². The van der Waals surface area contributed by atoms with Gasteiger partial charge in [0.25, 0.3) is 0 Å². The predicted octanol–water partition coefficient (Wildman–Crippen LogP) is 18.9. The molecule has 0 aliphatic carbocycles. The van der Waals surface area contributed by atoms with E-state index < -0.39 is 0 Å². The molecule has 7 nitrogen and oxygen atoms in total. The van der Waals surface area contributed by atoms with E-state index >= 15 is 0 Å². The van der Waals surface area contributed by atoms with Gasteiger partial charge in [0.2, 0.25) is 0 Å². The largest absolute Gasteiger partial charge is 0.307 e. The van der Waals surface area contributed by atoms with Crippen molar-refractivity contribution >= 4 is 87.2 Å². The lowest BCUT2D eigenvalue weighted by Gasteiger charge is -2.14. The van der Waals surface area contributed by atoms with Crippen molar-refractivity contribution in [2.45, 2.75) is 0 Å². The smallest absolute Gasteiger partial charge is 0.164 e. The fraction of sp³-hybridized carbons (Fsp3) is 0. The summed E-state index contributed by atoms with van der Waals surface area (Å²) in [5, 5.41) is 9.65. The van der Waals surface area contributed by atoms with Crippen molar-refractivity contribution in [1.29, 1.82) is 0 Å². The van der Waals surface area contributed by atoms with Crippen molar-refractivity contribution in [2.75, 3.05) is 0 Å².